The normalized spacial score (nSPS) is 23.2. The van der Waals surface area contributed by atoms with Gasteiger partial charge in [0.2, 0.25) is 0 Å². The zero-order valence-electron chi connectivity index (χ0n) is 14.5. The van der Waals surface area contributed by atoms with Gasteiger partial charge in [-0.2, -0.15) is 0 Å². The first-order valence-electron chi connectivity index (χ1n) is 8.61. The monoisotopic (exact) mass is 317 g/mol. The number of anilines is 1. The van der Waals surface area contributed by atoms with E-state index in [1.165, 1.54) is 12.8 Å². The Labute approximate surface area is 138 Å². The number of hydrogen-bond acceptors (Lipinski definition) is 5. The fourth-order valence-corrected chi connectivity index (χ4v) is 3.39. The summed E-state index contributed by atoms with van der Waals surface area (Å²) < 4.78 is 0. The van der Waals surface area contributed by atoms with Crippen LogP contribution in [0.25, 0.3) is 0 Å². The maximum absolute atomic E-state index is 12.8. The summed E-state index contributed by atoms with van der Waals surface area (Å²) in [5.74, 6) is 2.30. The Morgan fingerprint density at radius 1 is 1.17 bits per heavy atom. The van der Waals surface area contributed by atoms with Crippen molar-refractivity contribution >= 4 is 11.7 Å². The number of aromatic nitrogens is 2. The Bertz CT molecular complexity index is 568. The first-order valence-corrected chi connectivity index (χ1v) is 8.61. The molecule has 1 aromatic heterocycles. The van der Waals surface area contributed by atoms with Crippen molar-refractivity contribution in [3.05, 3.63) is 17.6 Å². The van der Waals surface area contributed by atoms with Crippen molar-refractivity contribution in [3.63, 3.8) is 0 Å². The summed E-state index contributed by atoms with van der Waals surface area (Å²) in [4.78, 5) is 28.2. The van der Waals surface area contributed by atoms with Crippen LogP contribution in [-0.2, 0) is 0 Å². The van der Waals surface area contributed by atoms with Crippen LogP contribution in [0.15, 0.2) is 6.07 Å². The smallest absolute Gasteiger partial charge is 0.272 e. The molecule has 1 amide bonds. The number of nitrogens with zero attached hydrogens (tertiary/aromatic N) is 5. The lowest BCUT2D eigenvalue weighted by molar-refractivity contribution is 0.0658. The zero-order chi connectivity index (χ0) is 16.4. The van der Waals surface area contributed by atoms with Gasteiger partial charge in [-0.3, -0.25) is 4.79 Å². The summed E-state index contributed by atoms with van der Waals surface area (Å²) in [5.41, 5.74) is 0.537. The van der Waals surface area contributed by atoms with E-state index in [1.54, 1.807) is 0 Å². The van der Waals surface area contributed by atoms with E-state index in [0.29, 0.717) is 17.4 Å². The van der Waals surface area contributed by atoms with Crippen molar-refractivity contribution in [1.29, 1.82) is 0 Å². The Morgan fingerprint density at radius 3 is 2.61 bits per heavy atom. The van der Waals surface area contributed by atoms with Gasteiger partial charge in [-0.1, -0.05) is 6.92 Å². The van der Waals surface area contributed by atoms with Gasteiger partial charge in [0.1, 0.15) is 17.3 Å². The number of amides is 1. The molecule has 6 heteroatoms. The minimum atomic E-state index is 0.0370. The summed E-state index contributed by atoms with van der Waals surface area (Å²) in [7, 11) is 2.09. The highest BCUT2D eigenvalue weighted by Crippen LogP contribution is 2.22. The topological polar surface area (TPSA) is 52.6 Å². The number of piperazine rings is 1. The number of likely N-dealkylation sites (N-methyl/N-ethyl adjacent to an activating group) is 1. The fraction of sp³-hybridized carbons (Fsp3) is 0.706. The van der Waals surface area contributed by atoms with Crippen LogP contribution in [0.4, 0.5) is 5.82 Å². The van der Waals surface area contributed by atoms with E-state index >= 15 is 0 Å². The van der Waals surface area contributed by atoms with E-state index in [2.05, 4.69) is 33.7 Å². The largest absolute Gasteiger partial charge is 0.356 e. The molecule has 0 aliphatic carbocycles. The number of rotatable bonds is 2. The Kier molecular flexibility index (Phi) is 4.80. The molecule has 126 valence electrons. The van der Waals surface area contributed by atoms with Crippen molar-refractivity contribution in [3.8, 4) is 0 Å². The van der Waals surface area contributed by atoms with Crippen molar-refractivity contribution in [2.45, 2.75) is 26.7 Å². The first kappa shape index (κ1) is 16.2. The molecular formula is C17H27N5O. The van der Waals surface area contributed by atoms with Crippen LogP contribution < -0.4 is 4.90 Å². The maximum atomic E-state index is 12.8. The molecule has 0 radical (unpaired) electrons. The van der Waals surface area contributed by atoms with E-state index in [9.17, 15) is 4.79 Å². The molecular weight excluding hydrogens is 290 g/mol. The van der Waals surface area contributed by atoms with Gasteiger partial charge in [0.15, 0.2) is 0 Å². The van der Waals surface area contributed by atoms with Crippen LogP contribution in [0.2, 0.25) is 0 Å². The van der Waals surface area contributed by atoms with Gasteiger partial charge in [-0.15, -0.1) is 0 Å². The number of carbonyl (C=O) groups is 1. The maximum Gasteiger partial charge on any atom is 0.272 e. The molecule has 0 N–H and O–H groups in total. The second kappa shape index (κ2) is 6.83. The molecule has 0 spiro atoms. The van der Waals surface area contributed by atoms with E-state index in [0.717, 1.165) is 45.1 Å². The van der Waals surface area contributed by atoms with Crippen LogP contribution in [0, 0.1) is 12.8 Å². The third-order valence-electron chi connectivity index (χ3n) is 4.82. The molecule has 2 aliphatic rings. The van der Waals surface area contributed by atoms with Gasteiger partial charge in [0.25, 0.3) is 5.91 Å². The number of carbonyl (C=O) groups excluding carboxylic acids is 1. The second-order valence-corrected chi connectivity index (χ2v) is 6.95. The SMILES string of the molecule is Cc1nc(C(=O)N2CCN(C)CC2)cc(N2CCCC(C)C2)n1. The minimum absolute atomic E-state index is 0.0370. The van der Waals surface area contributed by atoms with Crippen molar-refractivity contribution in [2.75, 3.05) is 51.2 Å². The molecule has 2 aliphatic heterocycles. The van der Waals surface area contributed by atoms with Gasteiger partial charge in [-0.25, -0.2) is 9.97 Å². The van der Waals surface area contributed by atoms with Gasteiger partial charge < -0.3 is 14.7 Å². The van der Waals surface area contributed by atoms with E-state index < -0.39 is 0 Å². The van der Waals surface area contributed by atoms with Crippen LogP contribution >= 0.6 is 0 Å². The third-order valence-corrected chi connectivity index (χ3v) is 4.82. The average molecular weight is 317 g/mol. The van der Waals surface area contributed by atoms with Crippen molar-refractivity contribution in [2.24, 2.45) is 5.92 Å². The van der Waals surface area contributed by atoms with Crippen molar-refractivity contribution in [1.82, 2.24) is 19.8 Å². The van der Waals surface area contributed by atoms with Crippen molar-refractivity contribution < 1.29 is 4.79 Å². The molecule has 1 atom stereocenters. The number of piperidine rings is 1. The standard InChI is InChI=1S/C17H27N5O/c1-13-5-4-6-22(12-13)16-11-15(18-14(2)19-16)17(23)21-9-7-20(3)8-10-21/h11,13H,4-10,12H2,1-3H3. The molecule has 0 bridgehead atoms. The molecule has 6 nitrogen and oxygen atoms in total. The fourth-order valence-electron chi connectivity index (χ4n) is 3.39. The first-order chi connectivity index (χ1) is 11.0. The number of hydrogen-bond donors (Lipinski definition) is 0. The molecule has 3 rings (SSSR count). The summed E-state index contributed by atoms with van der Waals surface area (Å²) in [6, 6.07) is 1.88. The molecule has 2 saturated heterocycles. The Hall–Kier alpha value is -1.69. The van der Waals surface area contributed by atoms with E-state index in [-0.39, 0.29) is 5.91 Å². The molecule has 2 fully saturated rings. The predicted molar refractivity (Wildman–Crippen MR) is 90.8 cm³/mol. The highest BCUT2D eigenvalue weighted by Gasteiger charge is 2.24. The molecule has 0 aromatic carbocycles. The minimum Gasteiger partial charge on any atom is -0.356 e. The Balaban J connectivity index is 1.78. The molecule has 1 aromatic rings. The zero-order valence-corrected chi connectivity index (χ0v) is 14.5. The lowest BCUT2D eigenvalue weighted by Gasteiger charge is -2.33. The lowest BCUT2D eigenvalue weighted by Crippen LogP contribution is -2.47. The summed E-state index contributed by atoms with van der Waals surface area (Å²) in [6.45, 7) is 9.57. The highest BCUT2D eigenvalue weighted by molar-refractivity contribution is 5.93. The van der Waals surface area contributed by atoms with Gasteiger partial charge in [-0.05, 0) is 32.7 Å². The number of aryl methyl sites for hydroxylation is 1. The molecule has 23 heavy (non-hydrogen) atoms. The highest BCUT2D eigenvalue weighted by atomic mass is 16.2. The summed E-state index contributed by atoms with van der Waals surface area (Å²) >= 11 is 0. The van der Waals surface area contributed by atoms with Crippen LogP contribution in [0.3, 0.4) is 0 Å². The summed E-state index contributed by atoms with van der Waals surface area (Å²) in [6.07, 6.45) is 2.46. The third kappa shape index (κ3) is 3.80. The lowest BCUT2D eigenvalue weighted by atomic mass is 10.0. The van der Waals surface area contributed by atoms with Crippen LogP contribution in [0.1, 0.15) is 36.1 Å². The van der Waals surface area contributed by atoms with Gasteiger partial charge in [0, 0.05) is 45.3 Å². The Morgan fingerprint density at radius 2 is 1.91 bits per heavy atom. The van der Waals surface area contributed by atoms with E-state index in [4.69, 9.17) is 0 Å². The molecule has 1 unspecified atom stereocenters. The quantitative estimate of drug-likeness (QED) is 0.825. The van der Waals surface area contributed by atoms with E-state index in [1.807, 2.05) is 17.9 Å². The second-order valence-electron chi connectivity index (χ2n) is 6.95. The summed E-state index contributed by atoms with van der Waals surface area (Å²) in [5, 5.41) is 0. The molecule has 0 saturated carbocycles. The van der Waals surface area contributed by atoms with Crippen LogP contribution in [-0.4, -0.2) is 72.0 Å². The molecule has 3 heterocycles. The predicted octanol–water partition coefficient (Wildman–Crippen LogP) is 1.41. The van der Waals surface area contributed by atoms with Gasteiger partial charge in [0.05, 0.1) is 0 Å². The van der Waals surface area contributed by atoms with Crippen LogP contribution in [0.5, 0.6) is 0 Å². The average Bonchev–Trinajstić information content (AvgIpc) is 2.54. The van der Waals surface area contributed by atoms with Gasteiger partial charge >= 0.3 is 0 Å².